The van der Waals surface area contributed by atoms with Gasteiger partial charge in [0.15, 0.2) is 21.6 Å². The number of nitrogens with one attached hydrogen (secondary N) is 2. The number of anilines is 3. The number of hydrogen-bond acceptors (Lipinski definition) is 10. The highest BCUT2D eigenvalue weighted by Gasteiger charge is 2.30. The van der Waals surface area contributed by atoms with Crippen molar-refractivity contribution in [1.29, 1.82) is 0 Å². The van der Waals surface area contributed by atoms with E-state index in [0.29, 0.717) is 47.8 Å². The van der Waals surface area contributed by atoms with Crippen LogP contribution >= 0.6 is 34.4 Å². The van der Waals surface area contributed by atoms with Crippen molar-refractivity contribution < 1.29 is 13.5 Å². The molecule has 0 aromatic carbocycles. The fourth-order valence-corrected chi connectivity index (χ4v) is 7.55. The summed E-state index contributed by atoms with van der Waals surface area (Å²) in [6.45, 7) is 10.9. The van der Waals surface area contributed by atoms with Gasteiger partial charge in [0.2, 0.25) is 0 Å². The van der Waals surface area contributed by atoms with E-state index in [1.807, 2.05) is 0 Å². The van der Waals surface area contributed by atoms with E-state index < -0.39 is 10.0 Å². The van der Waals surface area contributed by atoms with Crippen molar-refractivity contribution in [2.24, 2.45) is 0 Å². The summed E-state index contributed by atoms with van der Waals surface area (Å²) < 4.78 is 35.6. The van der Waals surface area contributed by atoms with Gasteiger partial charge in [-0.25, -0.2) is 8.42 Å². The zero-order valence-electron chi connectivity index (χ0n) is 18.1. The summed E-state index contributed by atoms with van der Waals surface area (Å²) in [5.74, 6) is 1.21. The van der Waals surface area contributed by atoms with Crippen molar-refractivity contribution in [2.75, 3.05) is 23.7 Å². The van der Waals surface area contributed by atoms with Gasteiger partial charge in [-0.2, -0.15) is 13.1 Å². The van der Waals surface area contributed by atoms with Gasteiger partial charge < -0.3 is 15.7 Å². The first-order valence-electron chi connectivity index (χ1n) is 9.92. The van der Waals surface area contributed by atoms with Gasteiger partial charge >= 0.3 is 0 Å². The Morgan fingerprint density at radius 1 is 1.19 bits per heavy atom. The molecule has 3 aromatic rings. The fraction of sp³-hybridized carbons (Fsp3) is 0.474. The molecule has 12 heteroatoms. The smallest absolute Gasteiger partial charge is 0.256 e. The Bertz CT molecular complexity index is 1130. The second-order valence-electron chi connectivity index (χ2n) is 7.20. The molecule has 0 aliphatic heterocycles. The van der Waals surface area contributed by atoms with Crippen LogP contribution in [-0.4, -0.2) is 39.7 Å². The molecule has 0 spiro atoms. The quantitative estimate of drug-likeness (QED) is 0.351. The summed E-state index contributed by atoms with van der Waals surface area (Å²) in [6.07, 6.45) is 0. The van der Waals surface area contributed by atoms with E-state index in [1.54, 1.807) is 32.1 Å². The van der Waals surface area contributed by atoms with Gasteiger partial charge in [0, 0.05) is 22.8 Å². The van der Waals surface area contributed by atoms with Crippen LogP contribution in [0.3, 0.4) is 0 Å². The van der Waals surface area contributed by atoms with Gasteiger partial charge in [-0.15, -0.1) is 22.7 Å². The third-order valence-corrected chi connectivity index (χ3v) is 9.92. The molecule has 0 saturated carbocycles. The lowest BCUT2D eigenvalue weighted by molar-refractivity contribution is 0.434. The Morgan fingerprint density at radius 2 is 1.87 bits per heavy atom. The summed E-state index contributed by atoms with van der Waals surface area (Å²) >= 11 is 3.78. The predicted molar refractivity (Wildman–Crippen MR) is 130 cm³/mol. The minimum atomic E-state index is -3.76. The van der Waals surface area contributed by atoms with E-state index in [-0.39, 0.29) is 9.96 Å². The van der Waals surface area contributed by atoms with Crippen LogP contribution in [0.1, 0.15) is 48.9 Å². The van der Waals surface area contributed by atoms with Gasteiger partial charge in [0.25, 0.3) is 10.0 Å². The Hall–Kier alpha value is -1.73. The molecule has 3 heterocycles. The minimum Gasteiger partial charge on any atom is -0.504 e. The van der Waals surface area contributed by atoms with Crippen LogP contribution in [0.2, 0.25) is 0 Å². The first kappa shape index (κ1) is 23.9. The zero-order valence-corrected chi connectivity index (χ0v) is 21.4. The van der Waals surface area contributed by atoms with Gasteiger partial charge in [-0.1, -0.05) is 27.7 Å². The molecule has 0 radical (unpaired) electrons. The molecular formula is C19H27N5O3S4. The normalized spacial score (nSPS) is 12.1. The number of thiophene rings is 2. The average Bonchev–Trinajstić information content (AvgIpc) is 3.43. The number of rotatable bonds is 10. The Kier molecular flexibility index (Phi) is 7.58. The summed E-state index contributed by atoms with van der Waals surface area (Å²) in [4.78, 5) is 1.84. The average molecular weight is 502 g/mol. The number of aromatic nitrogens is 2. The van der Waals surface area contributed by atoms with Gasteiger partial charge in [-0.3, -0.25) is 0 Å². The van der Waals surface area contributed by atoms with Crippen LogP contribution in [0.15, 0.2) is 15.7 Å². The van der Waals surface area contributed by atoms with Crippen LogP contribution in [0.5, 0.6) is 5.75 Å². The van der Waals surface area contributed by atoms with E-state index in [4.69, 9.17) is 0 Å². The van der Waals surface area contributed by atoms with Crippen LogP contribution in [0, 0.1) is 6.92 Å². The number of sulfonamides is 1. The van der Waals surface area contributed by atoms with Crippen molar-refractivity contribution in [3.63, 3.8) is 0 Å². The van der Waals surface area contributed by atoms with E-state index in [2.05, 4.69) is 44.7 Å². The lowest BCUT2D eigenvalue weighted by atomic mass is 10.1. The number of nitrogens with zero attached hydrogens (tertiary/aromatic N) is 3. The van der Waals surface area contributed by atoms with Crippen molar-refractivity contribution >= 4 is 61.7 Å². The topological polar surface area (TPSA) is 107 Å². The second kappa shape index (κ2) is 9.82. The molecule has 31 heavy (non-hydrogen) atoms. The molecule has 0 aliphatic carbocycles. The number of aryl methyl sites for hydroxylation is 1. The number of aromatic hydroxyl groups is 1. The largest absolute Gasteiger partial charge is 0.504 e. The van der Waals surface area contributed by atoms with Crippen LogP contribution in [-0.2, 0) is 16.6 Å². The summed E-state index contributed by atoms with van der Waals surface area (Å²) in [5.41, 5.74) is 1.64. The van der Waals surface area contributed by atoms with E-state index in [1.165, 1.54) is 14.7 Å². The first-order valence-corrected chi connectivity index (χ1v) is 13.8. The summed E-state index contributed by atoms with van der Waals surface area (Å²) in [5, 5.41) is 19.2. The lowest BCUT2D eigenvalue weighted by Crippen LogP contribution is -2.30. The maximum atomic E-state index is 12.9. The van der Waals surface area contributed by atoms with Gasteiger partial charge in [0.05, 0.1) is 24.0 Å². The molecule has 170 valence electrons. The molecule has 3 N–H and O–H groups in total. The molecule has 0 aliphatic rings. The Morgan fingerprint density at radius 3 is 2.48 bits per heavy atom. The predicted octanol–water partition coefficient (Wildman–Crippen LogP) is 5.18. The Balaban J connectivity index is 1.80. The molecule has 0 atom stereocenters. The highest BCUT2D eigenvalue weighted by atomic mass is 32.2. The molecule has 0 unspecified atom stereocenters. The maximum Gasteiger partial charge on any atom is 0.256 e. The van der Waals surface area contributed by atoms with Crippen molar-refractivity contribution in [2.45, 2.75) is 51.3 Å². The fourth-order valence-electron chi connectivity index (χ4n) is 2.98. The van der Waals surface area contributed by atoms with Crippen molar-refractivity contribution in [3.8, 4) is 5.75 Å². The SMILES string of the molecule is CCN(CC)S(=O)(=O)c1sc(C)c(Nc2nsnc2NCc2cc(C(C)C)cs2)c1O. The highest BCUT2D eigenvalue weighted by Crippen LogP contribution is 2.44. The summed E-state index contributed by atoms with van der Waals surface area (Å²) in [7, 11) is -3.76. The maximum absolute atomic E-state index is 12.9. The molecule has 0 saturated heterocycles. The summed E-state index contributed by atoms with van der Waals surface area (Å²) in [6, 6.07) is 2.18. The second-order valence-corrected chi connectivity index (χ2v) is 12.1. The van der Waals surface area contributed by atoms with E-state index in [9.17, 15) is 13.5 Å². The van der Waals surface area contributed by atoms with Crippen LogP contribution in [0.4, 0.5) is 17.3 Å². The van der Waals surface area contributed by atoms with E-state index in [0.717, 1.165) is 23.1 Å². The Labute approximate surface area is 195 Å². The third-order valence-electron chi connectivity index (χ3n) is 4.81. The monoisotopic (exact) mass is 501 g/mol. The van der Waals surface area contributed by atoms with Gasteiger partial charge in [-0.05, 0) is 29.9 Å². The van der Waals surface area contributed by atoms with Crippen LogP contribution in [0.25, 0.3) is 0 Å². The molecule has 3 rings (SSSR count). The zero-order chi connectivity index (χ0) is 22.8. The third kappa shape index (κ3) is 5.03. The minimum absolute atomic E-state index is 0.0614. The molecule has 8 nitrogen and oxygen atoms in total. The standard InChI is InChI=1S/C19H27N5O3S4/c1-6-24(7-2)31(26,27)19-16(25)15(12(5)29-19)21-18-17(22-30-23-18)20-9-14-8-13(10-28-14)11(3)4/h8,10-11,25H,6-7,9H2,1-5H3,(H,20,22)(H,21,23). The highest BCUT2D eigenvalue weighted by molar-refractivity contribution is 7.91. The molecular weight excluding hydrogens is 475 g/mol. The van der Waals surface area contributed by atoms with E-state index >= 15 is 0 Å². The molecule has 3 aromatic heterocycles. The van der Waals surface area contributed by atoms with Crippen LogP contribution < -0.4 is 10.6 Å². The number of hydrogen-bond donors (Lipinski definition) is 3. The lowest BCUT2D eigenvalue weighted by Gasteiger charge is -2.17. The van der Waals surface area contributed by atoms with Crippen molar-refractivity contribution in [1.82, 2.24) is 13.1 Å². The van der Waals surface area contributed by atoms with Crippen molar-refractivity contribution in [3.05, 3.63) is 26.8 Å². The first-order chi connectivity index (χ1) is 14.7. The molecule has 0 amide bonds. The van der Waals surface area contributed by atoms with Gasteiger partial charge in [0.1, 0.15) is 0 Å². The molecule has 0 bridgehead atoms. The molecule has 0 fully saturated rings.